The van der Waals surface area contributed by atoms with E-state index in [1.165, 1.54) is 9.13 Å². The van der Waals surface area contributed by atoms with Crippen LogP contribution < -0.4 is 15.3 Å². The van der Waals surface area contributed by atoms with Crippen molar-refractivity contribution in [1.29, 1.82) is 0 Å². The van der Waals surface area contributed by atoms with Gasteiger partial charge in [0.1, 0.15) is 6.54 Å². The topological polar surface area (TPSA) is 93.4 Å². The summed E-state index contributed by atoms with van der Waals surface area (Å²) in [5, 5.41) is 2.71. The van der Waals surface area contributed by atoms with Crippen molar-refractivity contribution in [2.24, 2.45) is 14.1 Å². The number of rotatable bonds is 5. The predicted molar refractivity (Wildman–Crippen MR) is 110 cm³/mol. The zero-order valence-corrected chi connectivity index (χ0v) is 16.9. The molecule has 28 heavy (non-hydrogen) atoms. The van der Waals surface area contributed by atoms with Crippen LogP contribution in [0.2, 0.25) is 0 Å². The number of nitrogens with zero attached hydrogens (tertiary/aromatic N) is 3. The lowest BCUT2D eigenvalue weighted by atomic mass is 10.2. The Labute approximate surface area is 163 Å². The van der Waals surface area contributed by atoms with Crippen molar-refractivity contribution in [3.8, 4) is 0 Å². The third-order valence-corrected chi connectivity index (χ3v) is 5.67. The highest BCUT2D eigenvalue weighted by Crippen LogP contribution is 2.20. The maximum Gasteiger partial charge on any atom is 0.328 e. The van der Waals surface area contributed by atoms with E-state index in [2.05, 4.69) is 5.32 Å². The van der Waals surface area contributed by atoms with Crippen LogP contribution in [0.25, 0.3) is 11.0 Å². The monoisotopic (exact) mass is 402 g/mol. The summed E-state index contributed by atoms with van der Waals surface area (Å²) in [5.41, 5.74) is 3.05. The minimum absolute atomic E-state index is 0.166. The summed E-state index contributed by atoms with van der Waals surface area (Å²) in [5.74, 6) is -0.479. The van der Waals surface area contributed by atoms with Gasteiger partial charge in [0.25, 0.3) is 0 Å². The number of imidazole rings is 1. The van der Waals surface area contributed by atoms with Crippen LogP contribution in [0.15, 0.2) is 47.3 Å². The fraction of sp³-hybridized carbons (Fsp3) is 0.263. The summed E-state index contributed by atoms with van der Waals surface area (Å²) < 4.78 is 28.5. The molecule has 0 radical (unpaired) electrons. The van der Waals surface area contributed by atoms with Gasteiger partial charge >= 0.3 is 5.69 Å². The molecule has 0 spiro atoms. The number of nitrogens with one attached hydrogen (secondary N) is 1. The molecule has 1 aromatic heterocycles. The van der Waals surface area contributed by atoms with Crippen LogP contribution in [-0.4, -0.2) is 36.3 Å². The second-order valence-electron chi connectivity index (χ2n) is 6.76. The van der Waals surface area contributed by atoms with Crippen molar-refractivity contribution in [1.82, 2.24) is 9.13 Å². The molecule has 0 saturated heterocycles. The molecule has 0 aliphatic carbocycles. The van der Waals surface area contributed by atoms with Crippen LogP contribution in [0.1, 0.15) is 5.56 Å². The quantitative estimate of drug-likeness (QED) is 0.701. The maximum atomic E-state index is 12.5. The van der Waals surface area contributed by atoms with Gasteiger partial charge in [0.15, 0.2) is 0 Å². The molecule has 0 bridgehead atoms. The average molecular weight is 402 g/mol. The molecule has 3 rings (SSSR count). The fourth-order valence-electron chi connectivity index (χ4n) is 3.10. The van der Waals surface area contributed by atoms with E-state index >= 15 is 0 Å². The second-order valence-corrected chi connectivity index (χ2v) is 8.67. The number of aromatic nitrogens is 2. The molecule has 0 aliphatic heterocycles. The van der Waals surface area contributed by atoms with E-state index in [4.69, 9.17) is 0 Å². The van der Waals surface area contributed by atoms with Crippen molar-refractivity contribution < 1.29 is 13.2 Å². The Morgan fingerprint density at radius 1 is 1.07 bits per heavy atom. The molecule has 2 aromatic carbocycles. The maximum absolute atomic E-state index is 12.5. The molecular formula is C19H22N4O4S. The summed E-state index contributed by atoms with van der Waals surface area (Å²) in [6.45, 7) is 1.50. The number of aryl methyl sites for hydroxylation is 3. The Kier molecular flexibility index (Phi) is 5.03. The van der Waals surface area contributed by atoms with Gasteiger partial charge in [0.05, 0.1) is 23.0 Å². The highest BCUT2D eigenvalue weighted by molar-refractivity contribution is 7.92. The molecule has 0 unspecified atom stereocenters. The van der Waals surface area contributed by atoms with Crippen molar-refractivity contribution in [3.63, 3.8) is 0 Å². The van der Waals surface area contributed by atoms with Crippen LogP contribution in [0.3, 0.4) is 0 Å². The average Bonchev–Trinajstić information content (AvgIpc) is 2.83. The third-order valence-electron chi connectivity index (χ3n) is 4.53. The Bertz CT molecular complexity index is 1220. The number of fused-ring (bicyclic) bond motifs is 1. The lowest BCUT2D eigenvalue weighted by molar-refractivity contribution is -0.114. The summed E-state index contributed by atoms with van der Waals surface area (Å²) in [6.07, 6.45) is 1.06. The van der Waals surface area contributed by atoms with E-state index in [1.54, 1.807) is 50.5 Å². The summed E-state index contributed by atoms with van der Waals surface area (Å²) in [6, 6.07) is 12.0. The molecule has 9 heteroatoms. The van der Waals surface area contributed by atoms with E-state index in [1.807, 2.05) is 13.0 Å². The van der Waals surface area contributed by atoms with Gasteiger partial charge in [-0.1, -0.05) is 12.1 Å². The lowest BCUT2D eigenvalue weighted by Gasteiger charge is -2.22. The first-order chi connectivity index (χ1) is 13.1. The number of benzene rings is 2. The SMILES string of the molecule is Cc1cccc(N(CC(=O)Nc2ccc3c(c2)n(C)c(=O)n3C)S(C)(=O)=O)c1. The number of carbonyl (C=O) groups is 1. The molecule has 0 atom stereocenters. The molecule has 1 N–H and O–H groups in total. The van der Waals surface area contributed by atoms with Crippen LogP contribution in [0.4, 0.5) is 11.4 Å². The molecule has 0 aliphatic rings. The van der Waals surface area contributed by atoms with Gasteiger partial charge in [0.2, 0.25) is 15.9 Å². The Hall–Kier alpha value is -3.07. The highest BCUT2D eigenvalue weighted by Gasteiger charge is 2.21. The molecule has 1 amide bonds. The molecule has 8 nitrogen and oxygen atoms in total. The number of hydrogen-bond donors (Lipinski definition) is 1. The molecule has 0 saturated carbocycles. The normalized spacial score (nSPS) is 11.6. The van der Waals surface area contributed by atoms with Crippen LogP contribution >= 0.6 is 0 Å². The van der Waals surface area contributed by atoms with E-state index in [-0.39, 0.29) is 12.2 Å². The minimum Gasteiger partial charge on any atom is -0.324 e. The second kappa shape index (κ2) is 7.16. The molecule has 3 aromatic rings. The summed E-state index contributed by atoms with van der Waals surface area (Å²) >= 11 is 0. The molecule has 0 fully saturated rings. The smallest absolute Gasteiger partial charge is 0.324 e. The van der Waals surface area contributed by atoms with Gasteiger partial charge in [-0.2, -0.15) is 0 Å². The first kappa shape index (κ1) is 19.7. The van der Waals surface area contributed by atoms with E-state index in [9.17, 15) is 18.0 Å². The highest BCUT2D eigenvalue weighted by atomic mass is 32.2. The predicted octanol–water partition coefficient (Wildman–Crippen LogP) is 1.59. The number of sulfonamides is 1. The van der Waals surface area contributed by atoms with Crippen LogP contribution in [0, 0.1) is 6.92 Å². The van der Waals surface area contributed by atoms with Gasteiger partial charge in [-0.05, 0) is 42.8 Å². The van der Waals surface area contributed by atoms with E-state index < -0.39 is 15.9 Å². The molecular weight excluding hydrogens is 380 g/mol. The van der Waals surface area contributed by atoms with Crippen molar-refractivity contribution in [3.05, 3.63) is 58.5 Å². The third kappa shape index (κ3) is 3.79. The standard InChI is InChI=1S/C19H22N4O4S/c1-13-6-5-7-15(10-13)23(28(4,26)27)12-18(24)20-14-8-9-16-17(11-14)22(3)19(25)21(16)2/h5-11H,12H2,1-4H3,(H,20,24). The van der Waals surface area contributed by atoms with Gasteiger partial charge in [-0.3, -0.25) is 18.2 Å². The van der Waals surface area contributed by atoms with Crippen LogP contribution in [-0.2, 0) is 28.9 Å². The van der Waals surface area contributed by atoms with Gasteiger partial charge < -0.3 is 5.32 Å². The largest absolute Gasteiger partial charge is 0.328 e. The minimum atomic E-state index is -3.64. The van der Waals surface area contributed by atoms with Gasteiger partial charge in [-0.15, -0.1) is 0 Å². The Morgan fingerprint density at radius 2 is 1.75 bits per heavy atom. The fourth-order valence-corrected chi connectivity index (χ4v) is 3.95. The summed E-state index contributed by atoms with van der Waals surface area (Å²) in [7, 11) is -0.314. The van der Waals surface area contributed by atoms with Crippen molar-refractivity contribution in [2.45, 2.75) is 6.92 Å². The molecule has 1 heterocycles. The Morgan fingerprint density at radius 3 is 2.39 bits per heavy atom. The lowest BCUT2D eigenvalue weighted by Crippen LogP contribution is -2.37. The van der Waals surface area contributed by atoms with Crippen molar-refractivity contribution in [2.75, 3.05) is 22.4 Å². The van der Waals surface area contributed by atoms with E-state index in [0.717, 1.165) is 21.6 Å². The summed E-state index contributed by atoms with van der Waals surface area (Å²) in [4.78, 5) is 24.6. The van der Waals surface area contributed by atoms with Gasteiger partial charge in [-0.25, -0.2) is 13.2 Å². The Balaban J connectivity index is 1.86. The first-order valence-corrected chi connectivity index (χ1v) is 10.4. The zero-order valence-electron chi connectivity index (χ0n) is 16.1. The zero-order chi connectivity index (χ0) is 20.6. The number of carbonyl (C=O) groups excluding carboxylic acids is 1. The number of amides is 1. The van der Waals surface area contributed by atoms with Crippen LogP contribution in [0.5, 0.6) is 0 Å². The number of anilines is 2. The van der Waals surface area contributed by atoms with Gasteiger partial charge in [0, 0.05) is 19.8 Å². The first-order valence-electron chi connectivity index (χ1n) is 8.57. The molecule has 148 valence electrons. The number of hydrogen-bond acceptors (Lipinski definition) is 4. The van der Waals surface area contributed by atoms with Crippen molar-refractivity contribution >= 4 is 38.3 Å². The van der Waals surface area contributed by atoms with E-state index in [0.29, 0.717) is 16.9 Å².